The van der Waals surface area contributed by atoms with Crippen molar-refractivity contribution in [3.8, 4) is 0 Å². The molecule has 2 unspecified atom stereocenters. The smallest absolute Gasteiger partial charge is 0.428 e. The van der Waals surface area contributed by atoms with Gasteiger partial charge < -0.3 is 9.29 Å². The van der Waals surface area contributed by atoms with Crippen LogP contribution in [0.5, 0.6) is 0 Å². The Morgan fingerprint density at radius 2 is 1.76 bits per heavy atom. The molecule has 0 amide bonds. The van der Waals surface area contributed by atoms with E-state index in [1.807, 2.05) is 0 Å². The Labute approximate surface area is 121 Å². The van der Waals surface area contributed by atoms with E-state index < -0.39 is 26.9 Å². The maximum absolute atomic E-state index is 13.3. The van der Waals surface area contributed by atoms with Crippen LogP contribution >= 0.6 is 0 Å². The first-order chi connectivity index (χ1) is 9.45. The minimum Gasteiger partial charge on any atom is -0.743 e. The molecular formula is C13H17F2O5S-. The van der Waals surface area contributed by atoms with Crippen LogP contribution in [-0.4, -0.2) is 29.8 Å². The summed E-state index contributed by atoms with van der Waals surface area (Å²) >= 11 is 0. The van der Waals surface area contributed by atoms with Crippen molar-refractivity contribution in [3.63, 3.8) is 0 Å². The summed E-state index contributed by atoms with van der Waals surface area (Å²) in [6, 6.07) is 0. The molecule has 0 saturated heterocycles. The van der Waals surface area contributed by atoms with Gasteiger partial charge in [0.05, 0.1) is 0 Å². The molecule has 5 nitrogen and oxygen atoms in total. The highest BCUT2D eigenvalue weighted by Gasteiger charge is 2.60. The second-order valence-corrected chi connectivity index (χ2v) is 8.74. The number of halogens is 2. The number of hydrogen-bond donors (Lipinski definition) is 0. The predicted octanol–water partition coefficient (Wildman–Crippen LogP) is 2.03. The summed E-state index contributed by atoms with van der Waals surface area (Å²) in [5.41, 5.74) is -1.07. The molecule has 120 valence electrons. The molecule has 4 saturated carbocycles. The number of carbonyl (C=O) groups excluding carboxylic acids is 1. The molecule has 0 N–H and O–H groups in total. The zero-order chi connectivity index (χ0) is 15.7. The average Bonchev–Trinajstić information content (AvgIpc) is 2.22. The monoisotopic (exact) mass is 323 g/mol. The highest BCUT2D eigenvalue weighted by atomic mass is 32.2. The van der Waals surface area contributed by atoms with Crippen molar-refractivity contribution in [3.05, 3.63) is 0 Å². The maximum Gasteiger partial charge on any atom is 0.428 e. The van der Waals surface area contributed by atoms with Gasteiger partial charge in [-0.3, -0.25) is 0 Å². The van der Waals surface area contributed by atoms with Crippen molar-refractivity contribution in [2.75, 3.05) is 0 Å². The zero-order valence-electron chi connectivity index (χ0n) is 11.6. The number of ether oxygens (including phenoxy) is 1. The van der Waals surface area contributed by atoms with Gasteiger partial charge in [-0.05, 0) is 55.8 Å². The van der Waals surface area contributed by atoms with Crippen LogP contribution in [0.15, 0.2) is 0 Å². The third-order valence-corrected chi connectivity index (χ3v) is 5.96. The summed E-state index contributed by atoms with van der Waals surface area (Å²) in [6.45, 7) is 2.05. The van der Waals surface area contributed by atoms with Crippen LogP contribution in [0.3, 0.4) is 0 Å². The van der Waals surface area contributed by atoms with Crippen LogP contribution < -0.4 is 0 Å². The molecule has 0 aromatic heterocycles. The molecule has 4 aliphatic rings. The lowest BCUT2D eigenvalue weighted by molar-refractivity contribution is -0.211. The standard InChI is InChI=1S/C13H18F2O5S/c1-11-3-8-2-9(4-11)6-12(5-8,7-11)20-10(16)13(14,15)21(17,18)19/h8-9H,2-7H2,1H3,(H,17,18,19)/p-1. The minimum atomic E-state index is -6.06. The summed E-state index contributed by atoms with van der Waals surface area (Å²) in [5.74, 6) is -1.58. The van der Waals surface area contributed by atoms with E-state index in [0.29, 0.717) is 31.1 Å². The normalized spacial score (nSPS) is 42.1. The molecule has 0 heterocycles. The van der Waals surface area contributed by atoms with Crippen LogP contribution in [-0.2, 0) is 19.6 Å². The van der Waals surface area contributed by atoms with E-state index in [-0.39, 0.29) is 5.41 Å². The lowest BCUT2D eigenvalue weighted by atomic mass is 9.48. The summed E-state index contributed by atoms with van der Waals surface area (Å²) in [4.78, 5) is 11.5. The molecule has 4 aliphatic carbocycles. The molecule has 8 heteroatoms. The van der Waals surface area contributed by atoms with Crippen molar-refractivity contribution in [2.45, 2.75) is 56.3 Å². The Hall–Kier alpha value is -0.760. The fraction of sp³-hybridized carbons (Fsp3) is 0.923. The topological polar surface area (TPSA) is 83.5 Å². The Kier molecular flexibility index (Phi) is 3.00. The number of hydrogen-bond acceptors (Lipinski definition) is 5. The second-order valence-electron chi connectivity index (χ2n) is 7.32. The lowest BCUT2D eigenvalue weighted by Gasteiger charge is -2.60. The second kappa shape index (κ2) is 4.16. The highest BCUT2D eigenvalue weighted by Crippen LogP contribution is 2.62. The van der Waals surface area contributed by atoms with Gasteiger partial charge in [0.15, 0.2) is 10.1 Å². The SMILES string of the molecule is CC12CC3CC(C1)CC(OC(=O)C(F)(F)S(=O)(=O)[O-])(C3)C2. The number of rotatable bonds is 3. The predicted molar refractivity (Wildman–Crippen MR) is 66.3 cm³/mol. The highest BCUT2D eigenvalue weighted by molar-refractivity contribution is 7.87. The molecular weight excluding hydrogens is 306 g/mol. The van der Waals surface area contributed by atoms with Gasteiger partial charge in [-0.15, -0.1) is 0 Å². The molecule has 0 aromatic rings. The third kappa shape index (κ3) is 2.36. The van der Waals surface area contributed by atoms with E-state index >= 15 is 0 Å². The summed E-state index contributed by atoms with van der Waals surface area (Å²) in [6.07, 6.45) is 4.41. The summed E-state index contributed by atoms with van der Waals surface area (Å²) < 4.78 is 63.2. The van der Waals surface area contributed by atoms with Crippen molar-refractivity contribution in [1.29, 1.82) is 0 Å². The summed E-state index contributed by atoms with van der Waals surface area (Å²) in [7, 11) is -6.06. The van der Waals surface area contributed by atoms with Gasteiger partial charge in [-0.1, -0.05) is 6.92 Å². The van der Waals surface area contributed by atoms with Crippen molar-refractivity contribution >= 4 is 16.1 Å². The van der Waals surface area contributed by atoms with E-state index in [9.17, 15) is 26.5 Å². The van der Waals surface area contributed by atoms with Gasteiger partial charge in [-0.2, -0.15) is 8.78 Å². The largest absolute Gasteiger partial charge is 0.743 e. The fourth-order valence-electron chi connectivity index (χ4n) is 5.11. The average molecular weight is 323 g/mol. The number of alkyl halides is 2. The number of esters is 1. The third-order valence-electron chi connectivity index (χ3n) is 5.16. The molecule has 2 atom stereocenters. The zero-order valence-corrected chi connectivity index (χ0v) is 12.4. The van der Waals surface area contributed by atoms with Crippen LogP contribution in [0.25, 0.3) is 0 Å². The van der Waals surface area contributed by atoms with Crippen LogP contribution in [0.2, 0.25) is 0 Å². The van der Waals surface area contributed by atoms with Crippen LogP contribution in [0, 0.1) is 17.3 Å². The summed E-state index contributed by atoms with van der Waals surface area (Å²) in [5, 5.41) is -5.02. The van der Waals surface area contributed by atoms with Gasteiger partial charge >= 0.3 is 11.2 Å². The maximum atomic E-state index is 13.3. The quantitative estimate of drug-likeness (QED) is 0.586. The molecule has 0 aromatic carbocycles. The van der Waals surface area contributed by atoms with E-state index in [4.69, 9.17) is 4.74 Å². The van der Waals surface area contributed by atoms with Gasteiger partial charge in [0.1, 0.15) is 5.60 Å². The Morgan fingerprint density at radius 1 is 1.24 bits per heavy atom. The molecule has 0 aliphatic heterocycles. The van der Waals surface area contributed by atoms with Crippen molar-refractivity contribution < 1.29 is 31.3 Å². The minimum absolute atomic E-state index is 0.0456. The molecule has 4 bridgehead atoms. The van der Waals surface area contributed by atoms with E-state index in [2.05, 4.69) is 6.92 Å². The Morgan fingerprint density at radius 3 is 2.19 bits per heavy atom. The van der Waals surface area contributed by atoms with Crippen LogP contribution in [0.1, 0.15) is 45.4 Å². The Balaban J connectivity index is 1.84. The van der Waals surface area contributed by atoms with Gasteiger partial charge in [-0.25, -0.2) is 13.2 Å². The van der Waals surface area contributed by atoms with Crippen LogP contribution in [0.4, 0.5) is 8.78 Å². The fourth-order valence-corrected chi connectivity index (χ4v) is 5.35. The molecule has 4 rings (SSSR count). The number of carbonyl (C=O) groups is 1. The van der Waals surface area contributed by atoms with Gasteiger partial charge in [0.25, 0.3) is 0 Å². The molecule has 0 spiro atoms. The van der Waals surface area contributed by atoms with E-state index in [0.717, 1.165) is 19.3 Å². The molecule has 0 radical (unpaired) electrons. The molecule has 21 heavy (non-hydrogen) atoms. The van der Waals surface area contributed by atoms with Crippen molar-refractivity contribution in [2.24, 2.45) is 17.3 Å². The lowest BCUT2D eigenvalue weighted by Crippen LogP contribution is -2.58. The van der Waals surface area contributed by atoms with Gasteiger partial charge in [0.2, 0.25) is 0 Å². The first-order valence-corrected chi connectivity index (χ1v) is 8.42. The van der Waals surface area contributed by atoms with E-state index in [1.54, 1.807) is 0 Å². The van der Waals surface area contributed by atoms with Gasteiger partial charge in [0, 0.05) is 0 Å². The first kappa shape index (κ1) is 15.1. The van der Waals surface area contributed by atoms with Crippen molar-refractivity contribution in [1.82, 2.24) is 0 Å². The Bertz CT molecular complexity index is 571. The molecule has 4 fully saturated rings. The van der Waals surface area contributed by atoms with E-state index in [1.165, 1.54) is 0 Å². The first-order valence-electron chi connectivity index (χ1n) is 7.02.